The molecular weight excluding hydrogens is 264 g/mol. The molecule has 0 bridgehead atoms. The number of anilines is 1. The summed E-state index contributed by atoms with van der Waals surface area (Å²) in [5, 5.41) is 10.8. The third kappa shape index (κ3) is 5.16. The molecule has 0 saturated carbocycles. The van der Waals surface area contributed by atoms with Gasteiger partial charge in [-0.25, -0.2) is 0 Å². The molecule has 1 aliphatic heterocycles. The monoisotopic (exact) mass is 292 g/mol. The van der Waals surface area contributed by atoms with Crippen LogP contribution in [0, 0.1) is 11.3 Å². The van der Waals surface area contributed by atoms with E-state index in [4.69, 9.17) is 0 Å². The van der Waals surface area contributed by atoms with Gasteiger partial charge in [-0.3, -0.25) is 9.48 Å². The molecular formula is C16H28N4O. The Labute approximate surface area is 127 Å². The SMILES string of the molecule is Cn1nc(CC(C)(C)C)cc1NC(=O)CCC1CCNC1. The van der Waals surface area contributed by atoms with Crippen LogP contribution < -0.4 is 10.6 Å². The van der Waals surface area contributed by atoms with Gasteiger partial charge in [0, 0.05) is 19.5 Å². The Balaban J connectivity index is 1.85. The summed E-state index contributed by atoms with van der Waals surface area (Å²) in [5.41, 5.74) is 1.23. The van der Waals surface area contributed by atoms with Gasteiger partial charge in [0.25, 0.3) is 0 Å². The summed E-state index contributed by atoms with van der Waals surface area (Å²) < 4.78 is 1.76. The van der Waals surface area contributed by atoms with Crippen molar-refractivity contribution in [1.29, 1.82) is 0 Å². The summed E-state index contributed by atoms with van der Waals surface area (Å²) in [5.74, 6) is 1.54. The van der Waals surface area contributed by atoms with E-state index in [1.165, 1.54) is 6.42 Å². The number of hydrogen-bond donors (Lipinski definition) is 2. The zero-order valence-electron chi connectivity index (χ0n) is 13.7. The maximum absolute atomic E-state index is 12.0. The molecule has 21 heavy (non-hydrogen) atoms. The van der Waals surface area contributed by atoms with Crippen LogP contribution in [-0.2, 0) is 18.3 Å². The van der Waals surface area contributed by atoms with Crippen molar-refractivity contribution in [3.05, 3.63) is 11.8 Å². The highest BCUT2D eigenvalue weighted by Gasteiger charge is 2.18. The lowest BCUT2D eigenvalue weighted by Gasteiger charge is -2.15. The molecule has 0 radical (unpaired) electrons. The number of nitrogens with one attached hydrogen (secondary N) is 2. The van der Waals surface area contributed by atoms with Gasteiger partial charge in [0.15, 0.2) is 0 Å². The predicted octanol–water partition coefficient (Wildman–Crippen LogP) is 2.34. The second kappa shape index (κ2) is 6.60. The molecule has 1 amide bonds. The lowest BCUT2D eigenvalue weighted by atomic mass is 9.91. The molecule has 5 heteroatoms. The van der Waals surface area contributed by atoms with Gasteiger partial charge < -0.3 is 10.6 Å². The third-order valence-corrected chi connectivity index (χ3v) is 3.85. The molecule has 1 unspecified atom stereocenters. The van der Waals surface area contributed by atoms with Crippen molar-refractivity contribution < 1.29 is 4.79 Å². The molecule has 1 aromatic heterocycles. The summed E-state index contributed by atoms with van der Waals surface area (Å²) in [7, 11) is 1.88. The normalized spacial score (nSPS) is 19.0. The summed E-state index contributed by atoms with van der Waals surface area (Å²) >= 11 is 0. The third-order valence-electron chi connectivity index (χ3n) is 3.85. The van der Waals surface area contributed by atoms with Crippen LogP contribution in [0.1, 0.15) is 45.7 Å². The largest absolute Gasteiger partial charge is 0.316 e. The van der Waals surface area contributed by atoms with E-state index < -0.39 is 0 Å². The Morgan fingerprint density at radius 2 is 2.29 bits per heavy atom. The molecule has 0 aromatic carbocycles. The van der Waals surface area contributed by atoms with Gasteiger partial charge in [-0.15, -0.1) is 0 Å². The zero-order chi connectivity index (χ0) is 15.5. The maximum atomic E-state index is 12.0. The number of aromatic nitrogens is 2. The first kappa shape index (κ1) is 16.0. The van der Waals surface area contributed by atoms with Crippen molar-refractivity contribution >= 4 is 11.7 Å². The molecule has 0 aliphatic carbocycles. The number of carbonyl (C=O) groups excluding carboxylic acids is 1. The number of carbonyl (C=O) groups is 1. The standard InChI is InChI=1S/C16H28N4O/c1-16(2,3)10-13-9-14(20(4)19-13)18-15(21)6-5-12-7-8-17-11-12/h9,12,17H,5-8,10-11H2,1-4H3,(H,18,21). The zero-order valence-corrected chi connectivity index (χ0v) is 13.7. The lowest BCUT2D eigenvalue weighted by Crippen LogP contribution is -2.16. The average molecular weight is 292 g/mol. The smallest absolute Gasteiger partial charge is 0.225 e. The molecule has 1 atom stereocenters. The van der Waals surface area contributed by atoms with Crippen LogP contribution in [0.4, 0.5) is 5.82 Å². The maximum Gasteiger partial charge on any atom is 0.225 e. The van der Waals surface area contributed by atoms with E-state index in [0.717, 1.165) is 37.4 Å². The van der Waals surface area contributed by atoms with E-state index in [2.05, 4.69) is 36.5 Å². The van der Waals surface area contributed by atoms with Gasteiger partial charge >= 0.3 is 0 Å². The number of amides is 1. The Bertz CT molecular complexity index is 481. The van der Waals surface area contributed by atoms with E-state index in [1.54, 1.807) is 4.68 Å². The topological polar surface area (TPSA) is 59.0 Å². The fraction of sp³-hybridized carbons (Fsp3) is 0.750. The van der Waals surface area contributed by atoms with Crippen LogP contribution >= 0.6 is 0 Å². The van der Waals surface area contributed by atoms with Crippen LogP contribution in [0.5, 0.6) is 0 Å². The van der Waals surface area contributed by atoms with Crippen molar-refractivity contribution in [2.75, 3.05) is 18.4 Å². The van der Waals surface area contributed by atoms with Crippen molar-refractivity contribution in [2.24, 2.45) is 18.4 Å². The minimum absolute atomic E-state index is 0.0900. The van der Waals surface area contributed by atoms with E-state index in [-0.39, 0.29) is 11.3 Å². The highest BCUT2D eigenvalue weighted by molar-refractivity contribution is 5.89. The van der Waals surface area contributed by atoms with Crippen LogP contribution in [-0.4, -0.2) is 28.8 Å². The number of hydrogen-bond acceptors (Lipinski definition) is 3. The van der Waals surface area contributed by atoms with Gasteiger partial charge in [-0.1, -0.05) is 20.8 Å². The van der Waals surface area contributed by atoms with Crippen molar-refractivity contribution in [1.82, 2.24) is 15.1 Å². The summed E-state index contributed by atoms with van der Waals surface area (Å²) in [6, 6.07) is 1.99. The first-order valence-corrected chi connectivity index (χ1v) is 7.87. The minimum Gasteiger partial charge on any atom is -0.316 e. The quantitative estimate of drug-likeness (QED) is 0.875. The van der Waals surface area contributed by atoms with Gasteiger partial charge in [-0.2, -0.15) is 5.10 Å². The Morgan fingerprint density at radius 1 is 1.52 bits per heavy atom. The molecule has 1 aromatic rings. The second-order valence-electron chi connectivity index (χ2n) is 7.33. The molecule has 2 rings (SSSR count). The molecule has 1 aliphatic rings. The molecule has 0 spiro atoms. The Kier molecular flexibility index (Phi) is 5.04. The molecule has 2 N–H and O–H groups in total. The molecule has 118 valence electrons. The van der Waals surface area contributed by atoms with Gasteiger partial charge in [0.2, 0.25) is 5.91 Å². The van der Waals surface area contributed by atoms with Gasteiger partial charge in [-0.05, 0) is 43.7 Å². The fourth-order valence-electron chi connectivity index (χ4n) is 2.77. The minimum atomic E-state index is 0.0900. The summed E-state index contributed by atoms with van der Waals surface area (Å²) in [6.45, 7) is 8.71. The number of rotatable bonds is 5. The van der Waals surface area contributed by atoms with Crippen molar-refractivity contribution in [2.45, 2.75) is 46.5 Å². The molecule has 2 heterocycles. The molecule has 1 saturated heterocycles. The van der Waals surface area contributed by atoms with Crippen molar-refractivity contribution in [3.8, 4) is 0 Å². The average Bonchev–Trinajstić information content (AvgIpc) is 2.96. The van der Waals surface area contributed by atoms with Crippen molar-refractivity contribution in [3.63, 3.8) is 0 Å². The number of nitrogens with zero attached hydrogens (tertiary/aromatic N) is 2. The second-order valence-corrected chi connectivity index (χ2v) is 7.33. The summed E-state index contributed by atoms with van der Waals surface area (Å²) in [4.78, 5) is 12.0. The van der Waals surface area contributed by atoms with E-state index in [0.29, 0.717) is 12.3 Å². The highest BCUT2D eigenvalue weighted by Crippen LogP contribution is 2.22. The highest BCUT2D eigenvalue weighted by atomic mass is 16.1. The van der Waals surface area contributed by atoms with Gasteiger partial charge in [0.1, 0.15) is 5.82 Å². The first-order valence-electron chi connectivity index (χ1n) is 7.87. The molecule has 5 nitrogen and oxygen atoms in total. The van der Waals surface area contributed by atoms with E-state index >= 15 is 0 Å². The Hall–Kier alpha value is -1.36. The van der Waals surface area contributed by atoms with Crippen LogP contribution in [0.15, 0.2) is 6.07 Å². The van der Waals surface area contributed by atoms with Crippen LogP contribution in [0.25, 0.3) is 0 Å². The first-order chi connectivity index (χ1) is 9.83. The van der Waals surface area contributed by atoms with E-state index in [1.807, 2.05) is 13.1 Å². The number of aryl methyl sites for hydroxylation is 1. The van der Waals surface area contributed by atoms with Gasteiger partial charge in [0.05, 0.1) is 5.69 Å². The fourth-order valence-corrected chi connectivity index (χ4v) is 2.77. The van der Waals surface area contributed by atoms with E-state index in [9.17, 15) is 4.79 Å². The lowest BCUT2D eigenvalue weighted by molar-refractivity contribution is -0.116. The predicted molar refractivity (Wildman–Crippen MR) is 85.2 cm³/mol. The Morgan fingerprint density at radius 3 is 2.90 bits per heavy atom. The van der Waals surface area contributed by atoms with Crippen LogP contribution in [0.2, 0.25) is 0 Å². The summed E-state index contributed by atoms with van der Waals surface area (Å²) in [6.07, 6.45) is 3.65. The van der Waals surface area contributed by atoms with Crippen LogP contribution in [0.3, 0.4) is 0 Å². The molecule has 1 fully saturated rings.